The summed E-state index contributed by atoms with van der Waals surface area (Å²) in [6.45, 7) is 2.93. The van der Waals surface area contributed by atoms with E-state index >= 15 is 0 Å². The molecule has 0 saturated carbocycles. The number of pyridine rings is 1. The van der Waals surface area contributed by atoms with Crippen LogP contribution in [-0.2, 0) is 11.8 Å². The van der Waals surface area contributed by atoms with E-state index in [4.69, 9.17) is 4.74 Å². The SMILES string of the molecule is COCCNC(=O)c1ccc(NC2CCCN(c3cnn(C)c3)C2)nc1. The van der Waals surface area contributed by atoms with Crippen LogP contribution in [0.15, 0.2) is 30.7 Å². The van der Waals surface area contributed by atoms with Crippen molar-refractivity contribution in [2.75, 3.05) is 43.6 Å². The van der Waals surface area contributed by atoms with E-state index in [-0.39, 0.29) is 5.91 Å². The fraction of sp³-hybridized carbons (Fsp3) is 0.500. The van der Waals surface area contributed by atoms with Crippen molar-refractivity contribution in [1.82, 2.24) is 20.1 Å². The Balaban J connectivity index is 1.54. The zero-order valence-corrected chi connectivity index (χ0v) is 15.3. The van der Waals surface area contributed by atoms with Crippen LogP contribution in [0, 0.1) is 0 Å². The number of hydrogen-bond acceptors (Lipinski definition) is 6. The number of rotatable bonds is 7. The lowest BCUT2D eigenvalue weighted by molar-refractivity contribution is 0.0937. The number of nitrogens with zero attached hydrogens (tertiary/aromatic N) is 4. The Hall–Kier alpha value is -2.61. The summed E-state index contributed by atoms with van der Waals surface area (Å²) in [5.41, 5.74) is 1.70. The van der Waals surface area contributed by atoms with Crippen LogP contribution in [0.3, 0.4) is 0 Å². The first-order valence-corrected chi connectivity index (χ1v) is 8.89. The average molecular weight is 358 g/mol. The molecule has 1 saturated heterocycles. The maximum atomic E-state index is 12.0. The highest BCUT2D eigenvalue weighted by atomic mass is 16.5. The number of piperidine rings is 1. The molecule has 8 nitrogen and oxygen atoms in total. The van der Waals surface area contributed by atoms with Gasteiger partial charge in [0.25, 0.3) is 5.91 Å². The van der Waals surface area contributed by atoms with Gasteiger partial charge in [-0.3, -0.25) is 9.48 Å². The molecule has 2 N–H and O–H groups in total. The number of hydrogen-bond donors (Lipinski definition) is 2. The van der Waals surface area contributed by atoms with Gasteiger partial charge in [0.15, 0.2) is 0 Å². The van der Waals surface area contributed by atoms with E-state index in [0.717, 1.165) is 37.4 Å². The van der Waals surface area contributed by atoms with Gasteiger partial charge >= 0.3 is 0 Å². The topological polar surface area (TPSA) is 84.3 Å². The fourth-order valence-corrected chi connectivity index (χ4v) is 3.09. The van der Waals surface area contributed by atoms with Gasteiger partial charge in [-0.1, -0.05) is 0 Å². The predicted molar refractivity (Wildman–Crippen MR) is 101 cm³/mol. The minimum absolute atomic E-state index is 0.137. The number of amides is 1. The Bertz CT molecular complexity index is 715. The first kappa shape index (κ1) is 18.2. The molecule has 0 radical (unpaired) electrons. The predicted octanol–water partition coefficient (Wildman–Crippen LogP) is 1.27. The van der Waals surface area contributed by atoms with E-state index in [9.17, 15) is 4.79 Å². The van der Waals surface area contributed by atoms with Crippen molar-refractivity contribution in [1.29, 1.82) is 0 Å². The van der Waals surface area contributed by atoms with Crippen LogP contribution >= 0.6 is 0 Å². The summed E-state index contributed by atoms with van der Waals surface area (Å²) in [5, 5.41) is 10.5. The lowest BCUT2D eigenvalue weighted by Gasteiger charge is -2.34. The quantitative estimate of drug-likeness (QED) is 0.725. The summed E-state index contributed by atoms with van der Waals surface area (Å²) in [5.74, 6) is 0.651. The van der Waals surface area contributed by atoms with Crippen molar-refractivity contribution in [3.8, 4) is 0 Å². The molecule has 2 aromatic rings. The second-order valence-corrected chi connectivity index (χ2v) is 6.48. The Morgan fingerprint density at radius 1 is 1.38 bits per heavy atom. The third-order valence-electron chi connectivity index (χ3n) is 4.45. The monoisotopic (exact) mass is 358 g/mol. The van der Waals surface area contributed by atoms with E-state index in [1.165, 1.54) is 0 Å². The fourth-order valence-electron chi connectivity index (χ4n) is 3.09. The number of methoxy groups -OCH3 is 1. The van der Waals surface area contributed by atoms with E-state index in [0.29, 0.717) is 24.8 Å². The third kappa shape index (κ3) is 4.72. The minimum Gasteiger partial charge on any atom is -0.383 e. The van der Waals surface area contributed by atoms with Crippen molar-refractivity contribution in [3.63, 3.8) is 0 Å². The summed E-state index contributed by atoms with van der Waals surface area (Å²) in [7, 11) is 3.54. The van der Waals surface area contributed by atoms with Crippen molar-refractivity contribution < 1.29 is 9.53 Å². The van der Waals surface area contributed by atoms with Crippen LogP contribution < -0.4 is 15.5 Å². The number of carbonyl (C=O) groups is 1. The zero-order valence-electron chi connectivity index (χ0n) is 15.3. The van der Waals surface area contributed by atoms with Crippen LogP contribution in [0.5, 0.6) is 0 Å². The Morgan fingerprint density at radius 2 is 2.27 bits per heavy atom. The largest absolute Gasteiger partial charge is 0.383 e. The minimum atomic E-state index is -0.137. The number of ether oxygens (including phenoxy) is 1. The Morgan fingerprint density at radius 3 is 2.96 bits per heavy atom. The summed E-state index contributed by atoms with van der Waals surface area (Å²) < 4.78 is 6.75. The molecule has 1 aliphatic rings. The van der Waals surface area contributed by atoms with Gasteiger partial charge in [0, 0.05) is 52.2 Å². The molecule has 140 valence electrons. The normalized spacial score (nSPS) is 17.2. The first-order valence-electron chi connectivity index (χ1n) is 8.89. The van der Waals surface area contributed by atoms with Gasteiger partial charge in [-0.05, 0) is 25.0 Å². The van der Waals surface area contributed by atoms with Crippen molar-refractivity contribution in [2.45, 2.75) is 18.9 Å². The van der Waals surface area contributed by atoms with Gasteiger partial charge in [0.2, 0.25) is 0 Å². The zero-order chi connectivity index (χ0) is 18.4. The molecule has 26 heavy (non-hydrogen) atoms. The molecule has 0 aliphatic carbocycles. The highest BCUT2D eigenvalue weighted by Crippen LogP contribution is 2.21. The molecule has 0 spiro atoms. The van der Waals surface area contributed by atoms with Gasteiger partial charge in [0.05, 0.1) is 24.1 Å². The van der Waals surface area contributed by atoms with Gasteiger partial charge in [0.1, 0.15) is 5.82 Å². The molecule has 8 heteroatoms. The van der Waals surface area contributed by atoms with Crippen molar-refractivity contribution in [2.24, 2.45) is 7.05 Å². The molecule has 1 atom stereocenters. The van der Waals surface area contributed by atoms with Gasteiger partial charge < -0.3 is 20.3 Å². The van der Waals surface area contributed by atoms with Crippen LogP contribution in [-0.4, -0.2) is 60.1 Å². The summed E-state index contributed by atoms with van der Waals surface area (Å²) in [6, 6.07) is 3.96. The number of anilines is 2. The number of aromatic nitrogens is 3. The van der Waals surface area contributed by atoms with Crippen LogP contribution in [0.25, 0.3) is 0 Å². The molecule has 0 bridgehead atoms. The standard InChI is InChI=1S/C18H26N6O2/c1-23-13-16(11-21-23)24-8-3-4-15(12-24)22-17-6-5-14(10-20-17)18(25)19-7-9-26-2/h5-6,10-11,13,15H,3-4,7-9,12H2,1-2H3,(H,19,25)(H,20,22). The number of aryl methyl sites for hydroxylation is 1. The maximum absolute atomic E-state index is 12.0. The van der Waals surface area contributed by atoms with Gasteiger partial charge in [-0.2, -0.15) is 5.10 Å². The number of nitrogens with one attached hydrogen (secondary N) is 2. The first-order chi connectivity index (χ1) is 12.7. The molecule has 1 fully saturated rings. The van der Waals surface area contributed by atoms with E-state index in [1.54, 1.807) is 19.4 Å². The maximum Gasteiger partial charge on any atom is 0.252 e. The third-order valence-corrected chi connectivity index (χ3v) is 4.45. The van der Waals surface area contributed by atoms with Crippen LogP contribution in [0.4, 0.5) is 11.5 Å². The average Bonchev–Trinajstić information content (AvgIpc) is 3.09. The molecule has 1 unspecified atom stereocenters. The lowest BCUT2D eigenvalue weighted by atomic mass is 10.1. The number of carbonyl (C=O) groups excluding carboxylic acids is 1. The van der Waals surface area contributed by atoms with Crippen molar-refractivity contribution >= 4 is 17.4 Å². The Kier molecular flexibility index (Phi) is 6.06. The summed E-state index contributed by atoms with van der Waals surface area (Å²) in [4.78, 5) is 18.7. The van der Waals surface area contributed by atoms with Crippen LogP contribution in [0.2, 0.25) is 0 Å². The van der Waals surface area contributed by atoms with Crippen molar-refractivity contribution in [3.05, 3.63) is 36.3 Å². The molecule has 1 aliphatic heterocycles. The smallest absolute Gasteiger partial charge is 0.252 e. The van der Waals surface area contributed by atoms with Gasteiger partial charge in [-0.25, -0.2) is 4.98 Å². The highest BCUT2D eigenvalue weighted by Gasteiger charge is 2.21. The molecule has 3 rings (SSSR count). The molecular formula is C18H26N6O2. The second kappa shape index (κ2) is 8.66. The lowest BCUT2D eigenvalue weighted by Crippen LogP contribution is -2.42. The summed E-state index contributed by atoms with van der Waals surface area (Å²) in [6.07, 6.45) is 7.76. The molecule has 0 aromatic carbocycles. The summed E-state index contributed by atoms with van der Waals surface area (Å²) >= 11 is 0. The Labute approximate surface area is 153 Å². The second-order valence-electron chi connectivity index (χ2n) is 6.48. The molecular weight excluding hydrogens is 332 g/mol. The van der Waals surface area contributed by atoms with E-state index in [2.05, 4.69) is 25.6 Å². The molecule has 1 amide bonds. The molecule has 2 aromatic heterocycles. The van der Waals surface area contributed by atoms with E-state index < -0.39 is 0 Å². The van der Waals surface area contributed by atoms with Gasteiger partial charge in [-0.15, -0.1) is 0 Å². The van der Waals surface area contributed by atoms with Crippen LogP contribution in [0.1, 0.15) is 23.2 Å². The molecule has 3 heterocycles. The highest BCUT2D eigenvalue weighted by molar-refractivity contribution is 5.94. The van der Waals surface area contributed by atoms with E-state index in [1.807, 2.05) is 30.2 Å².